The van der Waals surface area contributed by atoms with E-state index >= 15 is 0 Å². The van der Waals surface area contributed by atoms with Crippen LogP contribution in [0, 0.1) is 11.3 Å². The van der Waals surface area contributed by atoms with Crippen molar-refractivity contribution in [3.05, 3.63) is 57.8 Å². The van der Waals surface area contributed by atoms with E-state index < -0.39 is 16.1 Å². The number of hydrogen-bond acceptors (Lipinski definition) is 5. The van der Waals surface area contributed by atoms with Gasteiger partial charge in [0.05, 0.1) is 23.5 Å². The summed E-state index contributed by atoms with van der Waals surface area (Å²) >= 11 is 1.44. The number of hydrogen-bond donors (Lipinski definition) is 2. The summed E-state index contributed by atoms with van der Waals surface area (Å²) in [4.78, 5) is 0. The Hall–Kier alpha value is -1.72. The maximum Gasteiger partial charge on any atom is 0.215 e. The lowest BCUT2D eigenvalue weighted by Crippen LogP contribution is -2.29. The topological polar surface area (TPSA) is 90.2 Å². The van der Waals surface area contributed by atoms with Crippen LogP contribution in [0.5, 0.6) is 0 Å². The lowest BCUT2D eigenvalue weighted by Gasteiger charge is -2.11. The standard InChI is InChI=1S/C14H14N2O3S2/c15-7-11-1-3-12(4-2-11)10-21(18,19)16-8-14(17)13-5-6-20-9-13/h1-6,9,14,16-17H,8,10H2. The molecule has 0 spiro atoms. The first kappa shape index (κ1) is 15.7. The summed E-state index contributed by atoms with van der Waals surface area (Å²) in [5.41, 5.74) is 1.77. The van der Waals surface area contributed by atoms with E-state index in [0.29, 0.717) is 16.7 Å². The average molecular weight is 322 g/mol. The second kappa shape index (κ2) is 6.83. The lowest BCUT2D eigenvalue weighted by molar-refractivity contribution is 0.182. The number of thiophene rings is 1. The Morgan fingerprint density at radius 1 is 1.29 bits per heavy atom. The summed E-state index contributed by atoms with van der Waals surface area (Å²) in [7, 11) is -3.53. The quantitative estimate of drug-likeness (QED) is 0.848. The van der Waals surface area contributed by atoms with Crippen LogP contribution in [0.2, 0.25) is 0 Å². The van der Waals surface area contributed by atoms with Gasteiger partial charge in [0.1, 0.15) is 0 Å². The van der Waals surface area contributed by atoms with Crippen LogP contribution in [0.25, 0.3) is 0 Å². The van der Waals surface area contributed by atoms with Crippen LogP contribution in [0.4, 0.5) is 0 Å². The van der Waals surface area contributed by atoms with Gasteiger partial charge in [-0.2, -0.15) is 16.6 Å². The highest BCUT2D eigenvalue weighted by Crippen LogP contribution is 2.15. The Kier molecular flexibility index (Phi) is 5.09. The van der Waals surface area contributed by atoms with Crippen molar-refractivity contribution in [3.8, 4) is 6.07 Å². The molecule has 0 amide bonds. The fraction of sp³-hybridized carbons (Fsp3) is 0.214. The van der Waals surface area contributed by atoms with Crippen molar-refractivity contribution in [2.45, 2.75) is 11.9 Å². The maximum absolute atomic E-state index is 11.9. The molecule has 7 heteroatoms. The van der Waals surface area contributed by atoms with Gasteiger partial charge in [0, 0.05) is 6.54 Å². The summed E-state index contributed by atoms with van der Waals surface area (Å²) in [5, 5.41) is 22.1. The Morgan fingerprint density at radius 2 is 2.00 bits per heavy atom. The Balaban J connectivity index is 1.94. The molecule has 1 unspecified atom stereocenters. The molecule has 1 aromatic carbocycles. The van der Waals surface area contributed by atoms with E-state index in [2.05, 4.69) is 4.72 Å². The molecule has 110 valence electrons. The van der Waals surface area contributed by atoms with E-state index in [9.17, 15) is 13.5 Å². The molecular weight excluding hydrogens is 308 g/mol. The van der Waals surface area contributed by atoms with Crippen molar-refractivity contribution in [2.75, 3.05) is 6.54 Å². The van der Waals surface area contributed by atoms with Crippen LogP contribution in [0.15, 0.2) is 41.1 Å². The minimum absolute atomic E-state index is 0.0602. The summed E-state index contributed by atoms with van der Waals surface area (Å²) in [6, 6.07) is 10.1. The van der Waals surface area contributed by atoms with Crippen LogP contribution >= 0.6 is 11.3 Å². The number of aliphatic hydroxyl groups excluding tert-OH is 1. The molecule has 0 radical (unpaired) electrons. The molecule has 0 aliphatic carbocycles. The fourth-order valence-corrected chi connectivity index (χ4v) is 3.59. The van der Waals surface area contributed by atoms with Gasteiger partial charge in [-0.1, -0.05) is 12.1 Å². The number of nitrogens with one attached hydrogen (secondary N) is 1. The van der Waals surface area contributed by atoms with Gasteiger partial charge >= 0.3 is 0 Å². The molecule has 2 rings (SSSR count). The molecule has 5 nitrogen and oxygen atoms in total. The maximum atomic E-state index is 11.9. The third-order valence-electron chi connectivity index (χ3n) is 2.86. The second-order valence-corrected chi connectivity index (χ2v) is 7.08. The molecule has 0 aliphatic rings. The summed E-state index contributed by atoms with van der Waals surface area (Å²) in [6.45, 7) is -0.0602. The molecule has 0 saturated carbocycles. The van der Waals surface area contributed by atoms with Gasteiger partial charge in [0.15, 0.2) is 0 Å². The molecule has 1 atom stereocenters. The number of nitrogens with zero attached hydrogens (tertiary/aromatic N) is 1. The zero-order valence-corrected chi connectivity index (χ0v) is 12.7. The van der Waals surface area contributed by atoms with E-state index in [4.69, 9.17) is 5.26 Å². The normalized spacial score (nSPS) is 12.8. The first-order chi connectivity index (χ1) is 10.00. The summed E-state index contributed by atoms with van der Waals surface area (Å²) in [5.74, 6) is -0.185. The van der Waals surface area contributed by atoms with Crippen molar-refractivity contribution >= 4 is 21.4 Å². The van der Waals surface area contributed by atoms with Crippen molar-refractivity contribution in [1.29, 1.82) is 5.26 Å². The number of benzene rings is 1. The smallest absolute Gasteiger partial charge is 0.215 e. The molecule has 2 aromatic rings. The molecule has 21 heavy (non-hydrogen) atoms. The molecule has 0 aliphatic heterocycles. The molecule has 0 fully saturated rings. The zero-order chi connectivity index (χ0) is 15.3. The third kappa shape index (κ3) is 4.65. The molecule has 0 saturated heterocycles. The van der Waals surface area contributed by atoms with Gasteiger partial charge in [-0.3, -0.25) is 0 Å². The number of sulfonamides is 1. The van der Waals surface area contributed by atoms with Gasteiger partial charge in [-0.25, -0.2) is 13.1 Å². The lowest BCUT2D eigenvalue weighted by atomic mass is 10.2. The van der Waals surface area contributed by atoms with Gasteiger partial charge in [-0.05, 0) is 40.1 Å². The average Bonchev–Trinajstić information content (AvgIpc) is 2.99. The molecule has 0 bridgehead atoms. The van der Waals surface area contributed by atoms with Crippen LogP contribution < -0.4 is 4.72 Å². The molecule has 2 N–H and O–H groups in total. The van der Waals surface area contributed by atoms with Gasteiger partial charge in [0.2, 0.25) is 10.0 Å². The van der Waals surface area contributed by atoms with Crippen LogP contribution in [0.1, 0.15) is 22.8 Å². The third-order valence-corrected chi connectivity index (χ3v) is 4.89. The molecular formula is C14H14N2O3S2. The number of aliphatic hydroxyl groups is 1. The van der Waals surface area contributed by atoms with E-state index in [0.717, 1.165) is 0 Å². The van der Waals surface area contributed by atoms with Gasteiger partial charge in [-0.15, -0.1) is 0 Å². The van der Waals surface area contributed by atoms with E-state index in [-0.39, 0.29) is 12.3 Å². The highest BCUT2D eigenvalue weighted by Gasteiger charge is 2.15. The predicted molar refractivity (Wildman–Crippen MR) is 81.1 cm³/mol. The Labute approximate surface area is 127 Å². The van der Waals surface area contributed by atoms with E-state index in [1.54, 1.807) is 35.7 Å². The Morgan fingerprint density at radius 3 is 2.57 bits per heavy atom. The minimum Gasteiger partial charge on any atom is -0.387 e. The first-order valence-corrected chi connectivity index (χ1v) is 8.76. The predicted octanol–water partition coefficient (Wildman–Crippen LogP) is 1.77. The number of nitriles is 1. The van der Waals surface area contributed by atoms with E-state index in [1.807, 2.05) is 11.4 Å². The minimum atomic E-state index is -3.53. The van der Waals surface area contributed by atoms with Gasteiger partial charge in [0.25, 0.3) is 0 Å². The highest BCUT2D eigenvalue weighted by molar-refractivity contribution is 7.88. The van der Waals surface area contributed by atoms with Crippen LogP contribution in [-0.4, -0.2) is 20.1 Å². The van der Waals surface area contributed by atoms with Crippen molar-refractivity contribution < 1.29 is 13.5 Å². The number of rotatable bonds is 6. The molecule has 1 aromatic heterocycles. The zero-order valence-electron chi connectivity index (χ0n) is 11.1. The Bertz CT molecular complexity index is 717. The van der Waals surface area contributed by atoms with Gasteiger partial charge < -0.3 is 5.11 Å². The van der Waals surface area contributed by atoms with Crippen LogP contribution in [-0.2, 0) is 15.8 Å². The van der Waals surface area contributed by atoms with Crippen LogP contribution in [0.3, 0.4) is 0 Å². The molecule has 1 heterocycles. The highest BCUT2D eigenvalue weighted by atomic mass is 32.2. The fourth-order valence-electron chi connectivity index (χ4n) is 1.73. The summed E-state index contributed by atoms with van der Waals surface area (Å²) < 4.78 is 26.3. The van der Waals surface area contributed by atoms with Crippen molar-refractivity contribution in [2.24, 2.45) is 0 Å². The van der Waals surface area contributed by atoms with E-state index in [1.165, 1.54) is 11.3 Å². The van der Waals surface area contributed by atoms with Crippen molar-refractivity contribution in [3.63, 3.8) is 0 Å². The largest absolute Gasteiger partial charge is 0.387 e. The second-order valence-electron chi connectivity index (χ2n) is 4.49. The first-order valence-electron chi connectivity index (χ1n) is 6.17. The van der Waals surface area contributed by atoms with Crippen molar-refractivity contribution in [1.82, 2.24) is 4.72 Å². The summed E-state index contributed by atoms with van der Waals surface area (Å²) in [6.07, 6.45) is -0.855. The SMILES string of the molecule is N#Cc1ccc(CS(=O)(=O)NCC(O)c2ccsc2)cc1. The monoisotopic (exact) mass is 322 g/mol.